The summed E-state index contributed by atoms with van der Waals surface area (Å²) in [5.74, 6) is -0.0893. The van der Waals surface area contributed by atoms with Gasteiger partial charge in [0.15, 0.2) is 0 Å². The number of ether oxygens (including phenoxy) is 1. The van der Waals surface area contributed by atoms with Crippen LogP contribution in [0.2, 0.25) is 0 Å². The van der Waals surface area contributed by atoms with Crippen molar-refractivity contribution < 1.29 is 9.53 Å². The van der Waals surface area contributed by atoms with Gasteiger partial charge in [0.25, 0.3) is 5.91 Å². The van der Waals surface area contributed by atoms with Gasteiger partial charge in [-0.2, -0.15) is 5.10 Å². The van der Waals surface area contributed by atoms with Gasteiger partial charge in [-0.3, -0.25) is 19.8 Å². The summed E-state index contributed by atoms with van der Waals surface area (Å²) in [4.78, 5) is 18.9. The largest absolute Gasteiger partial charge is 0.374 e. The third-order valence-electron chi connectivity index (χ3n) is 4.85. The Balaban J connectivity index is 1.28. The van der Waals surface area contributed by atoms with Crippen LogP contribution < -0.4 is 5.32 Å². The lowest BCUT2D eigenvalue weighted by molar-refractivity contribution is -0.0292. The summed E-state index contributed by atoms with van der Waals surface area (Å²) < 4.78 is 5.82. The van der Waals surface area contributed by atoms with Gasteiger partial charge in [0.1, 0.15) is 0 Å². The highest BCUT2D eigenvalue weighted by atomic mass is 16.5. The molecule has 2 aromatic heterocycles. The van der Waals surface area contributed by atoms with Crippen LogP contribution in [-0.2, 0) is 11.3 Å². The molecule has 0 bridgehead atoms. The minimum absolute atomic E-state index is 0.00950. The second-order valence-corrected chi connectivity index (χ2v) is 6.86. The fourth-order valence-electron chi connectivity index (χ4n) is 3.33. The Hall–Kier alpha value is -3.03. The fourth-order valence-corrected chi connectivity index (χ4v) is 3.33. The number of hydrogen-bond donors (Lipinski definition) is 2. The third kappa shape index (κ3) is 4.62. The molecule has 1 aliphatic heterocycles. The van der Waals surface area contributed by atoms with E-state index in [2.05, 4.69) is 25.4 Å². The maximum Gasteiger partial charge on any atom is 0.251 e. The van der Waals surface area contributed by atoms with Gasteiger partial charge in [-0.1, -0.05) is 12.1 Å². The number of hydrogen-bond acceptors (Lipinski definition) is 5. The summed E-state index contributed by atoms with van der Waals surface area (Å²) in [5.41, 5.74) is 3.89. The van der Waals surface area contributed by atoms with Gasteiger partial charge in [-0.25, -0.2) is 0 Å². The number of carbonyl (C=O) groups excluding carboxylic acids is 1. The third-order valence-corrected chi connectivity index (χ3v) is 4.85. The van der Waals surface area contributed by atoms with E-state index >= 15 is 0 Å². The number of nitrogens with one attached hydrogen (secondary N) is 2. The molecule has 1 saturated heterocycles. The molecule has 3 aromatic rings. The number of aromatic nitrogens is 3. The van der Waals surface area contributed by atoms with Crippen LogP contribution in [0, 0.1) is 0 Å². The molecule has 1 aromatic carbocycles. The monoisotopic (exact) mass is 377 g/mol. The number of benzene rings is 1. The van der Waals surface area contributed by atoms with E-state index in [1.54, 1.807) is 6.20 Å². The molecular weight excluding hydrogens is 354 g/mol. The van der Waals surface area contributed by atoms with Crippen molar-refractivity contribution in [2.75, 3.05) is 26.2 Å². The minimum Gasteiger partial charge on any atom is -0.374 e. The van der Waals surface area contributed by atoms with E-state index in [9.17, 15) is 4.79 Å². The smallest absolute Gasteiger partial charge is 0.251 e. The molecule has 1 unspecified atom stereocenters. The number of nitrogens with zero attached hydrogens (tertiary/aromatic N) is 3. The Kier molecular flexibility index (Phi) is 5.75. The molecule has 144 valence electrons. The average Bonchev–Trinajstić information content (AvgIpc) is 3.28. The standard InChI is InChI=1S/C21H23N5O2/c27-21(18-3-1-17(2-4-18)19-11-24-25-12-19)23-13-20-15-26(9-10-28-20)14-16-5-7-22-8-6-16/h1-8,11-12,20H,9-10,13-15H2,(H,23,27)(H,24,25). The first-order valence-corrected chi connectivity index (χ1v) is 9.38. The van der Waals surface area contributed by atoms with Gasteiger partial charge in [-0.05, 0) is 35.4 Å². The summed E-state index contributed by atoms with van der Waals surface area (Å²) in [6, 6.07) is 11.6. The van der Waals surface area contributed by atoms with Gasteiger partial charge in [-0.15, -0.1) is 0 Å². The highest BCUT2D eigenvalue weighted by molar-refractivity contribution is 5.94. The highest BCUT2D eigenvalue weighted by Gasteiger charge is 2.21. The van der Waals surface area contributed by atoms with Crippen LogP contribution in [0.5, 0.6) is 0 Å². The van der Waals surface area contributed by atoms with E-state index in [1.165, 1.54) is 5.56 Å². The lowest BCUT2D eigenvalue weighted by Gasteiger charge is -2.33. The number of H-pyrrole nitrogens is 1. The molecule has 0 aliphatic carbocycles. The number of carbonyl (C=O) groups is 1. The Bertz CT molecular complexity index is 881. The van der Waals surface area contributed by atoms with Crippen molar-refractivity contribution in [3.8, 4) is 11.1 Å². The Morgan fingerprint density at radius 3 is 2.75 bits per heavy atom. The molecule has 1 amide bonds. The molecule has 0 saturated carbocycles. The molecular formula is C21H23N5O2. The molecule has 7 heteroatoms. The second kappa shape index (κ2) is 8.77. The van der Waals surface area contributed by atoms with E-state index in [0.29, 0.717) is 18.7 Å². The molecule has 3 heterocycles. The number of rotatable bonds is 6. The van der Waals surface area contributed by atoms with Gasteiger partial charge in [0.05, 0.1) is 18.9 Å². The first kappa shape index (κ1) is 18.3. The first-order valence-electron chi connectivity index (χ1n) is 9.38. The number of amides is 1. The summed E-state index contributed by atoms with van der Waals surface area (Å²) in [7, 11) is 0. The van der Waals surface area contributed by atoms with Crippen LogP contribution in [0.3, 0.4) is 0 Å². The predicted molar refractivity (Wildman–Crippen MR) is 106 cm³/mol. The number of pyridine rings is 1. The van der Waals surface area contributed by atoms with E-state index in [0.717, 1.165) is 30.8 Å². The van der Waals surface area contributed by atoms with Crippen molar-refractivity contribution in [2.24, 2.45) is 0 Å². The molecule has 4 rings (SSSR count). The molecule has 1 fully saturated rings. The van der Waals surface area contributed by atoms with E-state index < -0.39 is 0 Å². The Morgan fingerprint density at radius 1 is 1.18 bits per heavy atom. The summed E-state index contributed by atoms with van der Waals surface area (Å²) >= 11 is 0. The minimum atomic E-state index is -0.0893. The van der Waals surface area contributed by atoms with Crippen LogP contribution in [0.1, 0.15) is 15.9 Å². The molecule has 28 heavy (non-hydrogen) atoms. The van der Waals surface area contributed by atoms with Crippen LogP contribution in [-0.4, -0.2) is 58.3 Å². The van der Waals surface area contributed by atoms with Gasteiger partial charge >= 0.3 is 0 Å². The van der Waals surface area contributed by atoms with Crippen LogP contribution in [0.15, 0.2) is 61.2 Å². The quantitative estimate of drug-likeness (QED) is 0.687. The normalized spacial score (nSPS) is 17.4. The van der Waals surface area contributed by atoms with Crippen LogP contribution >= 0.6 is 0 Å². The molecule has 0 spiro atoms. The Morgan fingerprint density at radius 2 is 2.00 bits per heavy atom. The van der Waals surface area contributed by atoms with E-state index in [1.807, 2.05) is 55.0 Å². The summed E-state index contributed by atoms with van der Waals surface area (Å²) in [5, 5.41) is 9.72. The highest BCUT2D eigenvalue weighted by Crippen LogP contribution is 2.18. The number of morpholine rings is 1. The Labute approximate surface area is 163 Å². The van der Waals surface area contributed by atoms with E-state index in [4.69, 9.17) is 4.74 Å². The molecule has 0 radical (unpaired) electrons. The van der Waals surface area contributed by atoms with Crippen molar-refractivity contribution in [2.45, 2.75) is 12.6 Å². The lowest BCUT2D eigenvalue weighted by Crippen LogP contribution is -2.47. The average molecular weight is 377 g/mol. The molecule has 2 N–H and O–H groups in total. The van der Waals surface area contributed by atoms with Gasteiger partial charge in [0.2, 0.25) is 0 Å². The van der Waals surface area contributed by atoms with Crippen molar-refractivity contribution in [1.82, 2.24) is 25.4 Å². The molecule has 7 nitrogen and oxygen atoms in total. The molecule has 1 aliphatic rings. The second-order valence-electron chi connectivity index (χ2n) is 6.86. The summed E-state index contributed by atoms with van der Waals surface area (Å²) in [6.45, 7) is 3.72. The van der Waals surface area contributed by atoms with Gasteiger partial charge in [0, 0.05) is 55.9 Å². The van der Waals surface area contributed by atoms with Crippen LogP contribution in [0.25, 0.3) is 11.1 Å². The molecule has 1 atom stereocenters. The first-order chi connectivity index (χ1) is 13.8. The van der Waals surface area contributed by atoms with Crippen LogP contribution in [0.4, 0.5) is 0 Å². The zero-order chi connectivity index (χ0) is 19.2. The maximum atomic E-state index is 12.5. The lowest BCUT2D eigenvalue weighted by atomic mass is 10.1. The van der Waals surface area contributed by atoms with E-state index in [-0.39, 0.29) is 12.0 Å². The number of aromatic amines is 1. The fraction of sp³-hybridized carbons (Fsp3) is 0.286. The maximum absolute atomic E-state index is 12.5. The topological polar surface area (TPSA) is 83.1 Å². The van der Waals surface area contributed by atoms with Crippen molar-refractivity contribution in [1.29, 1.82) is 0 Å². The summed E-state index contributed by atoms with van der Waals surface area (Å²) in [6.07, 6.45) is 7.20. The van der Waals surface area contributed by atoms with Crippen molar-refractivity contribution in [3.63, 3.8) is 0 Å². The zero-order valence-electron chi connectivity index (χ0n) is 15.5. The van der Waals surface area contributed by atoms with Gasteiger partial charge < -0.3 is 10.1 Å². The van der Waals surface area contributed by atoms with Crippen molar-refractivity contribution in [3.05, 3.63) is 72.3 Å². The zero-order valence-corrected chi connectivity index (χ0v) is 15.5. The predicted octanol–water partition coefficient (Wildman–Crippen LogP) is 2.10. The van der Waals surface area contributed by atoms with Crippen molar-refractivity contribution >= 4 is 5.91 Å². The SMILES string of the molecule is O=C(NCC1CN(Cc2ccncc2)CCO1)c1ccc(-c2cn[nH]c2)cc1.